The molecular weight excluding hydrogens is 256 g/mol. The normalized spacial score (nSPS) is 12.2. The highest BCUT2D eigenvalue weighted by molar-refractivity contribution is 6.04. The first-order valence-electron chi connectivity index (χ1n) is 6.26. The molecule has 5 heteroatoms. The lowest BCUT2D eigenvalue weighted by atomic mass is 10.1. The van der Waals surface area contributed by atoms with E-state index in [2.05, 4.69) is 5.32 Å². The maximum atomic E-state index is 12.2. The van der Waals surface area contributed by atoms with Crippen molar-refractivity contribution in [2.45, 2.75) is 6.54 Å². The molecule has 0 spiro atoms. The van der Waals surface area contributed by atoms with E-state index in [9.17, 15) is 4.79 Å². The summed E-state index contributed by atoms with van der Waals surface area (Å²) in [5.41, 5.74) is 7.73. The Balaban J connectivity index is 1.78. The number of ether oxygens (including phenoxy) is 2. The largest absolute Gasteiger partial charge is 0.454 e. The van der Waals surface area contributed by atoms with Crippen LogP contribution < -0.4 is 20.5 Å². The molecular formula is C15H14N2O3. The van der Waals surface area contributed by atoms with E-state index in [4.69, 9.17) is 15.2 Å². The monoisotopic (exact) mass is 270 g/mol. The summed E-state index contributed by atoms with van der Waals surface area (Å²) in [6, 6.07) is 12.5. The van der Waals surface area contributed by atoms with Crippen molar-refractivity contribution in [2.75, 3.05) is 12.1 Å². The number of fused-ring (bicyclic) bond motifs is 1. The van der Waals surface area contributed by atoms with E-state index in [1.165, 1.54) is 0 Å². The minimum Gasteiger partial charge on any atom is -0.454 e. The Hall–Kier alpha value is -2.53. The van der Waals surface area contributed by atoms with Gasteiger partial charge in [-0.3, -0.25) is 4.79 Å². The van der Waals surface area contributed by atoms with Crippen LogP contribution >= 0.6 is 0 Å². The first-order valence-corrected chi connectivity index (χ1v) is 6.26. The smallest absolute Gasteiger partial charge is 0.255 e. The third-order valence-electron chi connectivity index (χ3n) is 3.06. The summed E-state index contributed by atoms with van der Waals surface area (Å²) in [5, 5.41) is 2.82. The molecule has 1 aliphatic heterocycles. The Kier molecular flexibility index (Phi) is 3.26. The highest BCUT2D eigenvalue weighted by atomic mass is 16.7. The number of nitrogens with two attached hydrogens (primary N) is 1. The Morgan fingerprint density at radius 2 is 2.00 bits per heavy atom. The summed E-state index contributed by atoms with van der Waals surface area (Å²) >= 11 is 0. The number of carbonyl (C=O) groups is 1. The lowest BCUT2D eigenvalue weighted by molar-refractivity contribution is 0.102. The van der Waals surface area contributed by atoms with E-state index in [1.807, 2.05) is 12.1 Å². The van der Waals surface area contributed by atoms with Gasteiger partial charge in [-0.2, -0.15) is 0 Å². The minimum atomic E-state index is -0.181. The molecule has 0 aromatic heterocycles. The summed E-state index contributed by atoms with van der Waals surface area (Å²) < 4.78 is 10.5. The Morgan fingerprint density at radius 1 is 1.15 bits per heavy atom. The van der Waals surface area contributed by atoms with Crippen molar-refractivity contribution in [3.8, 4) is 11.5 Å². The third-order valence-corrected chi connectivity index (χ3v) is 3.06. The van der Waals surface area contributed by atoms with Crippen LogP contribution in [-0.4, -0.2) is 12.7 Å². The zero-order valence-electron chi connectivity index (χ0n) is 10.8. The van der Waals surface area contributed by atoms with Crippen LogP contribution in [0.2, 0.25) is 0 Å². The standard InChI is InChI=1S/C15H14N2O3/c16-8-10-2-1-3-11(6-10)15(18)17-12-4-5-13-14(7-12)20-9-19-13/h1-7H,8-9,16H2,(H,17,18). The lowest BCUT2D eigenvalue weighted by Crippen LogP contribution is -2.12. The van der Waals surface area contributed by atoms with Crippen LogP contribution in [-0.2, 0) is 6.54 Å². The number of benzene rings is 2. The molecule has 0 fully saturated rings. The van der Waals surface area contributed by atoms with Crippen LogP contribution in [0.4, 0.5) is 5.69 Å². The number of nitrogens with one attached hydrogen (secondary N) is 1. The molecule has 0 bridgehead atoms. The fourth-order valence-corrected chi connectivity index (χ4v) is 2.02. The molecule has 3 rings (SSSR count). The second kappa shape index (κ2) is 5.22. The van der Waals surface area contributed by atoms with Gasteiger partial charge in [0, 0.05) is 23.9 Å². The number of hydrogen-bond donors (Lipinski definition) is 2. The summed E-state index contributed by atoms with van der Waals surface area (Å²) in [7, 11) is 0. The van der Waals surface area contributed by atoms with Crippen molar-refractivity contribution in [3.05, 3.63) is 53.6 Å². The average molecular weight is 270 g/mol. The molecule has 1 amide bonds. The van der Waals surface area contributed by atoms with Crippen LogP contribution in [0, 0.1) is 0 Å². The molecule has 0 unspecified atom stereocenters. The van der Waals surface area contributed by atoms with Crippen molar-refractivity contribution < 1.29 is 14.3 Å². The number of rotatable bonds is 3. The number of anilines is 1. The van der Waals surface area contributed by atoms with Crippen LogP contribution in [0.3, 0.4) is 0 Å². The van der Waals surface area contributed by atoms with Gasteiger partial charge in [0.1, 0.15) is 0 Å². The van der Waals surface area contributed by atoms with E-state index in [0.29, 0.717) is 29.3 Å². The third kappa shape index (κ3) is 2.44. The van der Waals surface area contributed by atoms with E-state index >= 15 is 0 Å². The summed E-state index contributed by atoms with van der Waals surface area (Å²) in [4.78, 5) is 12.2. The quantitative estimate of drug-likeness (QED) is 0.896. The Morgan fingerprint density at radius 3 is 2.85 bits per heavy atom. The van der Waals surface area contributed by atoms with Gasteiger partial charge in [-0.25, -0.2) is 0 Å². The summed E-state index contributed by atoms with van der Waals surface area (Å²) in [6.45, 7) is 0.621. The van der Waals surface area contributed by atoms with Gasteiger partial charge < -0.3 is 20.5 Å². The molecule has 0 atom stereocenters. The van der Waals surface area contributed by atoms with E-state index in [0.717, 1.165) is 5.56 Å². The van der Waals surface area contributed by atoms with Crippen LogP contribution in [0.1, 0.15) is 15.9 Å². The van der Waals surface area contributed by atoms with E-state index in [-0.39, 0.29) is 12.7 Å². The average Bonchev–Trinajstić information content (AvgIpc) is 2.95. The van der Waals surface area contributed by atoms with E-state index in [1.54, 1.807) is 30.3 Å². The van der Waals surface area contributed by atoms with Gasteiger partial charge in [0.25, 0.3) is 5.91 Å². The van der Waals surface area contributed by atoms with Crippen molar-refractivity contribution in [2.24, 2.45) is 5.73 Å². The number of carbonyl (C=O) groups excluding carboxylic acids is 1. The van der Waals surface area contributed by atoms with Gasteiger partial charge in [-0.15, -0.1) is 0 Å². The molecule has 0 saturated carbocycles. The second-order valence-electron chi connectivity index (χ2n) is 4.43. The molecule has 1 aliphatic rings. The topological polar surface area (TPSA) is 73.6 Å². The van der Waals surface area contributed by atoms with Crippen LogP contribution in [0.5, 0.6) is 11.5 Å². The SMILES string of the molecule is NCc1cccc(C(=O)Nc2ccc3c(c2)OCO3)c1. The Bertz CT molecular complexity index is 655. The van der Waals surface area contributed by atoms with Crippen molar-refractivity contribution in [1.29, 1.82) is 0 Å². The van der Waals surface area contributed by atoms with Crippen LogP contribution in [0.15, 0.2) is 42.5 Å². The van der Waals surface area contributed by atoms with Gasteiger partial charge in [0.2, 0.25) is 6.79 Å². The predicted molar refractivity (Wildman–Crippen MR) is 74.9 cm³/mol. The van der Waals surface area contributed by atoms with Crippen molar-refractivity contribution >= 4 is 11.6 Å². The van der Waals surface area contributed by atoms with Gasteiger partial charge in [-0.1, -0.05) is 12.1 Å². The highest BCUT2D eigenvalue weighted by Crippen LogP contribution is 2.34. The lowest BCUT2D eigenvalue weighted by Gasteiger charge is -2.07. The zero-order valence-corrected chi connectivity index (χ0v) is 10.8. The molecule has 3 N–H and O–H groups in total. The molecule has 0 saturated heterocycles. The van der Waals surface area contributed by atoms with E-state index < -0.39 is 0 Å². The molecule has 0 radical (unpaired) electrons. The zero-order chi connectivity index (χ0) is 13.9. The predicted octanol–water partition coefficient (Wildman–Crippen LogP) is 2.13. The molecule has 2 aromatic rings. The molecule has 20 heavy (non-hydrogen) atoms. The van der Waals surface area contributed by atoms with Crippen molar-refractivity contribution in [1.82, 2.24) is 0 Å². The molecule has 2 aromatic carbocycles. The molecule has 0 aliphatic carbocycles. The van der Waals surface area contributed by atoms with Crippen LogP contribution in [0.25, 0.3) is 0 Å². The highest BCUT2D eigenvalue weighted by Gasteiger charge is 2.14. The maximum absolute atomic E-state index is 12.2. The summed E-state index contributed by atoms with van der Waals surface area (Å²) in [5.74, 6) is 1.14. The Labute approximate surface area is 116 Å². The second-order valence-corrected chi connectivity index (χ2v) is 4.43. The first-order chi connectivity index (χ1) is 9.76. The van der Waals surface area contributed by atoms with Gasteiger partial charge >= 0.3 is 0 Å². The fourth-order valence-electron chi connectivity index (χ4n) is 2.02. The van der Waals surface area contributed by atoms with Gasteiger partial charge in [-0.05, 0) is 29.8 Å². The molecule has 1 heterocycles. The van der Waals surface area contributed by atoms with Crippen molar-refractivity contribution in [3.63, 3.8) is 0 Å². The molecule has 5 nitrogen and oxygen atoms in total. The number of hydrogen-bond acceptors (Lipinski definition) is 4. The minimum absolute atomic E-state index is 0.181. The molecule has 102 valence electrons. The first kappa shape index (κ1) is 12.5. The van der Waals surface area contributed by atoms with Gasteiger partial charge in [0.15, 0.2) is 11.5 Å². The fraction of sp³-hybridized carbons (Fsp3) is 0.133. The number of amides is 1. The maximum Gasteiger partial charge on any atom is 0.255 e. The summed E-state index contributed by atoms with van der Waals surface area (Å²) in [6.07, 6.45) is 0. The van der Waals surface area contributed by atoms with Gasteiger partial charge in [0.05, 0.1) is 0 Å².